The SMILES string of the molecule is O=C(c1coc2ccccc12)C1CC2CCCC(C1)S2=O. The van der Waals surface area contributed by atoms with Gasteiger partial charge in [0.1, 0.15) is 11.8 Å². The number of Topliss-reactive ketones (excluding diaryl/α,β-unsaturated/α-hetero) is 1. The van der Waals surface area contributed by atoms with Gasteiger partial charge in [-0.05, 0) is 31.7 Å². The van der Waals surface area contributed by atoms with Crippen LogP contribution in [0.4, 0.5) is 0 Å². The second-order valence-electron chi connectivity index (χ2n) is 6.18. The average molecular weight is 302 g/mol. The van der Waals surface area contributed by atoms with Crippen molar-refractivity contribution in [2.75, 3.05) is 0 Å². The molecular weight excluding hydrogens is 284 g/mol. The van der Waals surface area contributed by atoms with E-state index in [-0.39, 0.29) is 22.2 Å². The average Bonchev–Trinajstić information content (AvgIpc) is 2.90. The van der Waals surface area contributed by atoms with E-state index < -0.39 is 10.8 Å². The number of hydrogen-bond donors (Lipinski definition) is 0. The van der Waals surface area contributed by atoms with E-state index in [0.717, 1.165) is 43.1 Å². The Bertz CT molecular complexity index is 702. The van der Waals surface area contributed by atoms with Crippen molar-refractivity contribution in [1.82, 2.24) is 0 Å². The molecule has 110 valence electrons. The van der Waals surface area contributed by atoms with Crippen LogP contribution in [-0.2, 0) is 10.8 Å². The second kappa shape index (κ2) is 5.09. The van der Waals surface area contributed by atoms with Crippen LogP contribution < -0.4 is 0 Å². The van der Waals surface area contributed by atoms with Gasteiger partial charge in [0, 0.05) is 32.6 Å². The minimum Gasteiger partial charge on any atom is -0.464 e. The predicted molar refractivity (Wildman–Crippen MR) is 82.8 cm³/mol. The van der Waals surface area contributed by atoms with Crippen molar-refractivity contribution in [2.24, 2.45) is 5.92 Å². The number of carbonyl (C=O) groups is 1. The van der Waals surface area contributed by atoms with Gasteiger partial charge in [0.25, 0.3) is 0 Å². The Balaban J connectivity index is 1.65. The fourth-order valence-electron chi connectivity index (χ4n) is 3.84. The Labute approximate surface area is 126 Å². The summed E-state index contributed by atoms with van der Waals surface area (Å²) in [5.41, 5.74) is 1.46. The van der Waals surface area contributed by atoms with Gasteiger partial charge in [-0.15, -0.1) is 0 Å². The van der Waals surface area contributed by atoms with E-state index in [1.165, 1.54) is 0 Å². The van der Waals surface area contributed by atoms with Crippen LogP contribution in [0.2, 0.25) is 0 Å². The summed E-state index contributed by atoms with van der Waals surface area (Å²) >= 11 is 0. The molecule has 0 aliphatic carbocycles. The number of ketones is 1. The van der Waals surface area contributed by atoms with Gasteiger partial charge >= 0.3 is 0 Å². The molecule has 2 aliphatic rings. The molecule has 2 saturated heterocycles. The van der Waals surface area contributed by atoms with Gasteiger partial charge in [0.05, 0.1) is 5.56 Å². The lowest BCUT2D eigenvalue weighted by atomic mass is 9.84. The molecule has 1 aromatic carbocycles. The molecule has 4 rings (SSSR count). The van der Waals surface area contributed by atoms with Gasteiger partial charge in [-0.3, -0.25) is 9.00 Å². The van der Waals surface area contributed by atoms with Gasteiger partial charge in [0.15, 0.2) is 5.78 Å². The van der Waals surface area contributed by atoms with Crippen molar-refractivity contribution >= 4 is 27.6 Å². The van der Waals surface area contributed by atoms with E-state index in [1.54, 1.807) is 6.26 Å². The molecule has 2 aliphatic heterocycles. The zero-order valence-corrected chi connectivity index (χ0v) is 12.6. The minimum absolute atomic E-state index is 0.0130. The van der Waals surface area contributed by atoms with E-state index in [9.17, 15) is 9.00 Å². The van der Waals surface area contributed by atoms with Crippen molar-refractivity contribution < 1.29 is 13.4 Å². The van der Waals surface area contributed by atoms with Crippen LogP contribution >= 0.6 is 0 Å². The molecule has 2 atom stereocenters. The highest BCUT2D eigenvalue weighted by molar-refractivity contribution is 7.86. The van der Waals surface area contributed by atoms with Crippen LogP contribution in [0.1, 0.15) is 42.5 Å². The molecule has 0 N–H and O–H groups in total. The summed E-state index contributed by atoms with van der Waals surface area (Å²) < 4.78 is 17.8. The molecule has 0 spiro atoms. The number of furan rings is 1. The summed E-state index contributed by atoms with van der Waals surface area (Å²) in [5.74, 6) is 0.188. The van der Waals surface area contributed by atoms with Gasteiger partial charge in [-0.25, -0.2) is 0 Å². The molecule has 2 fully saturated rings. The van der Waals surface area contributed by atoms with Crippen molar-refractivity contribution in [1.29, 1.82) is 0 Å². The molecule has 1 aromatic heterocycles. The third-order valence-corrected chi connectivity index (χ3v) is 7.09. The Morgan fingerprint density at radius 3 is 2.62 bits per heavy atom. The molecule has 2 bridgehead atoms. The molecule has 3 nitrogen and oxygen atoms in total. The van der Waals surface area contributed by atoms with Crippen LogP contribution in [0.3, 0.4) is 0 Å². The van der Waals surface area contributed by atoms with Gasteiger partial charge in [0.2, 0.25) is 0 Å². The summed E-state index contributed by atoms with van der Waals surface area (Å²) in [6.07, 6.45) is 6.34. The van der Waals surface area contributed by atoms with E-state index in [0.29, 0.717) is 5.56 Å². The maximum absolute atomic E-state index is 12.9. The van der Waals surface area contributed by atoms with Crippen LogP contribution in [0, 0.1) is 5.92 Å². The lowest BCUT2D eigenvalue weighted by Gasteiger charge is -2.37. The summed E-state index contributed by atoms with van der Waals surface area (Å²) in [6, 6.07) is 7.66. The van der Waals surface area contributed by atoms with Crippen molar-refractivity contribution in [2.45, 2.75) is 42.6 Å². The first-order valence-electron chi connectivity index (χ1n) is 7.64. The monoisotopic (exact) mass is 302 g/mol. The number of benzene rings is 1. The number of hydrogen-bond acceptors (Lipinski definition) is 3. The fraction of sp³-hybridized carbons (Fsp3) is 0.471. The first-order chi connectivity index (χ1) is 10.2. The largest absolute Gasteiger partial charge is 0.464 e. The van der Waals surface area contributed by atoms with Crippen LogP contribution in [0.15, 0.2) is 34.9 Å². The first kappa shape index (κ1) is 13.3. The van der Waals surface area contributed by atoms with Crippen LogP contribution in [0.5, 0.6) is 0 Å². The van der Waals surface area contributed by atoms with Gasteiger partial charge in [-0.2, -0.15) is 0 Å². The van der Waals surface area contributed by atoms with E-state index >= 15 is 0 Å². The highest BCUT2D eigenvalue weighted by Gasteiger charge is 2.41. The number of carbonyl (C=O) groups excluding carboxylic acids is 1. The molecule has 2 aromatic rings. The minimum atomic E-state index is -0.723. The van der Waals surface area contributed by atoms with E-state index in [2.05, 4.69) is 0 Å². The zero-order chi connectivity index (χ0) is 14.4. The molecule has 4 heteroatoms. The van der Waals surface area contributed by atoms with Crippen molar-refractivity contribution in [3.05, 3.63) is 36.1 Å². The third kappa shape index (κ3) is 2.16. The Hall–Kier alpha value is -1.42. The Morgan fingerprint density at radius 2 is 1.86 bits per heavy atom. The maximum atomic E-state index is 12.9. The molecule has 21 heavy (non-hydrogen) atoms. The third-order valence-electron chi connectivity index (χ3n) is 4.92. The predicted octanol–water partition coefficient (Wildman–Crippen LogP) is 3.70. The smallest absolute Gasteiger partial charge is 0.169 e. The second-order valence-corrected chi connectivity index (χ2v) is 8.17. The summed E-state index contributed by atoms with van der Waals surface area (Å²) in [7, 11) is -0.723. The number of fused-ring (bicyclic) bond motifs is 3. The molecule has 0 saturated carbocycles. The first-order valence-corrected chi connectivity index (χ1v) is 8.91. The van der Waals surface area contributed by atoms with Gasteiger partial charge in [-0.1, -0.05) is 24.6 Å². The number of rotatable bonds is 2. The molecular formula is C17H18O3S. The summed E-state index contributed by atoms with van der Waals surface area (Å²) in [4.78, 5) is 12.9. The topological polar surface area (TPSA) is 47.3 Å². The Kier molecular flexibility index (Phi) is 3.21. The van der Waals surface area contributed by atoms with E-state index in [1.807, 2.05) is 24.3 Å². The quantitative estimate of drug-likeness (QED) is 0.795. The van der Waals surface area contributed by atoms with Crippen molar-refractivity contribution in [3.8, 4) is 0 Å². The molecule has 2 unspecified atom stereocenters. The summed E-state index contributed by atoms with van der Waals surface area (Å²) in [5, 5.41) is 1.36. The molecule has 3 heterocycles. The normalized spacial score (nSPS) is 32.2. The Morgan fingerprint density at radius 1 is 1.14 bits per heavy atom. The van der Waals surface area contributed by atoms with Crippen LogP contribution in [-0.4, -0.2) is 20.5 Å². The fourth-order valence-corrected chi connectivity index (χ4v) is 6.02. The highest BCUT2D eigenvalue weighted by atomic mass is 32.2. The zero-order valence-electron chi connectivity index (χ0n) is 11.8. The maximum Gasteiger partial charge on any atom is 0.169 e. The van der Waals surface area contributed by atoms with E-state index in [4.69, 9.17) is 4.42 Å². The number of para-hydroxylation sites is 1. The highest BCUT2D eigenvalue weighted by Crippen LogP contribution is 2.39. The summed E-state index contributed by atoms with van der Waals surface area (Å²) in [6.45, 7) is 0. The molecule has 0 amide bonds. The standard InChI is InChI=1S/C17H18O3S/c18-17(15-10-20-16-7-2-1-6-14(15)16)11-8-12-4-3-5-13(9-11)21(12)19/h1-2,6-7,10-13H,3-5,8-9H2. The molecule has 0 radical (unpaired) electrons. The van der Waals surface area contributed by atoms with Crippen molar-refractivity contribution in [3.63, 3.8) is 0 Å². The lowest BCUT2D eigenvalue weighted by molar-refractivity contribution is 0.0896. The lowest BCUT2D eigenvalue weighted by Crippen LogP contribution is -2.41. The van der Waals surface area contributed by atoms with Gasteiger partial charge < -0.3 is 4.42 Å². The van der Waals surface area contributed by atoms with Crippen LogP contribution in [0.25, 0.3) is 11.0 Å².